The highest BCUT2D eigenvalue weighted by Crippen LogP contribution is 2.41. The van der Waals surface area contributed by atoms with Gasteiger partial charge in [-0.2, -0.15) is 0 Å². The largest absolute Gasteiger partial charge is 0.497 e. The first kappa shape index (κ1) is 29.7. The molecule has 0 radical (unpaired) electrons. The molecular weight excluding hydrogens is 591 g/mol. The summed E-state index contributed by atoms with van der Waals surface area (Å²) in [6.45, 7) is 2.14. The lowest BCUT2D eigenvalue weighted by Crippen LogP contribution is -2.47. The molecule has 0 bridgehead atoms. The maximum Gasteiger partial charge on any atom is 0.251 e. The number of methoxy groups -OCH3 is 1. The van der Waals surface area contributed by atoms with Gasteiger partial charge in [-0.25, -0.2) is 4.98 Å². The number of hydrogen-bond acceptors (Lipinski definition) is 4. The number of aryl methyl sites for hydroxylation is 2. The molecule has 1 N–H and O–H groups in total. The minimum Gasteiger partial charge on any atom is -0.497 e. The molecule has 6 rings (SSSR count). The van der Waals surface area contributed by atoms with Crippen LogP contribution in [0.5, 0.6) is 5.75 Å². The number of fused-ring (bicyclic) bond motifs is 1. The highest BCUT2D eigenvalue weighted by atomic mass is 35.5. The molecule has 6 aromatic rings. The van der Waals surface area contributed by atoms with Crippen molar-refractivity contribution in [2.75, 3.05) is 7.11 Å². The van der Waals surface area contributed by atoms with Gasteiger partial charge in [0.05, 0.1) is 30.8 Å². The number of benzene rings is 4. The smallest absolute Gasteiger partial charge is 0.251 e. The number of imidazole rings is 1. The van der Waals surface area contributed by atoms with Crippen molar-refractivity contribution in [1.29, 1.82) is 0 Å². The van der Waals surface area contributed by atoms with Crippen LogP contribution in [-0.4, -0.2) is 21.2 Å². The fraction of sp³-hybridized carbons (Fsp3) is 0.167. The maximum atomic E-state index is 13.1. The average molecular weight is 624 g/mol. The summed E-state index contributed by atoms with van der Waals surface area (Å²) in [6.07, 6.45) is 3.70. The van der Waals surface area contributed by atoms with Crippen LogP contribution in [0.15, 0.2) is 114 Å². The number of ether oxygens (including phenoxy) is 1. The summed E-state index contributed by atoms with van der Waals surface area (Å²) in [5.74, 6) is 0.797. The van der Waals surface area contributed by atoms with Crippen LogP contribution in [0.3, 0.4) is 0 Å². The predicted octanol–water partition coefficient (Wildman–Crippen LogP) is 7.90. The molecule has 8 heteroatoms. The van der Waals surface area contributed by atoms with E-state index in [1.165, 1.54) is 0 Å². The molecular formula is C36H32Cl2N4O2. The summed E-state index contributed by atoms with van der Waals surface area (Å²) in [5.41, 5.74) is 5.51. The summed E-state index contributed by atoms with van der Waals surface area (Å²) in [5, 5.41) is 6.18. The summed E-state index contributed by atoms with van der Waals surface area (Å²) >= 11 is 12.8. The molecule has 222 valence electrons. The number of nitrogens with one attached hydrogen (secondary N) is 1. The number of hydrogen-bond donors (Lipinski definition) is 1. The van der Waals surface area contributed by atoms with E-state index < -0.39 is 5.54 Å². The van der Waals surface area contributed by atoms with Crippen LogP contribution in [0, 0.1) is 0 Å². The Hall–Kier alpha value is -4.36. The molecule has 0 amide bonds. The minimum atomic E-state index is -0.871. The lowest BCUT2D eigenvalue weighted by Gasteiger charge is -2.39. The molecule has 0 spiro atoms. The number of rotatable bonds is 8. The van der Waals surface area contributed by atoms with Gasteiger partial charge in [-0.15, -0.1) is 0 Å². The minimum absolute atomic E-state index is 0.0953. The fourth-order valence-corrected chi connectivity index (χ4v) is 6.33. The number of halogens is 2. The molecule has 0 fully saturated rings. The van der Waals surface area contributed by atoms with E-state index in [0.29, 0.717) is 10.0 Å². The molecule has 2 atom stereocenters. The molecule has 6 nitrogen and oxygen atoms in total. The third-order valence-corrected chi connectivity index (χ3v) is 8.83. The van der Waals surface area contributed by atoms with Gasteiger partial charge in [0.15, 0.2) is 0 Å². The van der Waals surface area contributed by atoms with Crippen molar-refractivity contribution in [1.82, 2.24) is 19.4 Å². The monoisotopic (exact) mass is 622 g/mol. The van der Waals surface area contributed by atoms with E-state index in [1.807, 2.05) is 90.9 Å². The topological polar surface area (TPSA) is 61.1 Å². The van der Waals surface area contributed by atoms with Gasteiger partial charge in [0, 0.05) is 41.6 Å². The summed E-state index contributed by atoms with van der Waals surface area (Å²) in [4.78, 5) is 17.7. The summed E-state index contributed by atoms with van der Waals surface area (Å²) in [6, 6.07) is 31.4. The van der Waals surface area contributed by atoms with Crippen molar-refractivity contribution in [3.8, 4) is 16.9 Å². The van der Waals surface area contributed by atoms with Gasteiger partial charge in [-0.3, -0.25) is 10.1 Å². The zero-order valence-corrected chi connectivity index (χ0v) is 26.4. The third kappa shape index (κ3) is 5.30. The van der Waals surface area contributed by atoms with E-state index in [4.69, 9.17) is 27.9 Å². The second kappa shape index (κ2) is 12.0. The molecule has 0 saturated heterocycles. The molecule has 44 heavy (non-hydrogen) atoms. The van der Waals surface area contributed by atoms with Gasteiger partial charge >= 0.3 is 0 Å². The maximum absolute atomic E-state index is 13.1. The van der Waals surface area contributed by atoms with Crippen LogP contribution in [0.25, 0.3) is 22.0 Å². The molecule has 0 aliphatic rings. The lowest BCUT2D eigenvalue weighted by atomic mass is 9.78. The van der Waals surface area contributed by atoms with Crippen LogP contribution < -0.4 is 15.6 Å². The SMILES string of the molecule is COc1ccc([C@H](C)N[C@@](c2ccc(Cl)cc2)(c2ccc3c(c2)c(-c2cccc(Cl)c2)cc(=O)n3C)c2cncn2C)cc1. The fourth-order valence-electron chi connectivity index (χ4n) is 6.01. The Bertz CT molecular complexity index is 2020. The van der Waals surface area contributed by atoms with E-state index in [-0.39, 0.29) is 11.6 Å². The first-order chi connectivity index (χ1) is 21.2. The van der Waals surface area contributed by atoms with Gasteiger partial charge < -0.3 is 13.9 Å². The summed E-state index contributed by atoms with van der Waals surface area (Å²) in [7, 11) is 5.45. The third-order valence-electron chi connectivity index (χ3n) is 8.34. The Balaban J connectivity index is 1.66. The molecule has 0 aliphatic carbocycles. The van der Waals surface area contributed by atoms with E-state index in [1.54, 1.807) is 24.8 Å². The van der Waals surface area contributed by atoms with Crippen LogP contribution >= 0.6 is 23.2 Å². The Kier molecular flexibility index (Phi) is 8.08. The first-order valence-corrected chi connectivity index (χ1v) is 15.0. The molecule has 4 aromatic carbocycles. The van der Waals surface area contributed by atoms with Crippen LogP contribution in [0.4, 0.5) is 0 Å². The van der Waals surface area contributed by atoms with Crippen molar-refractivity contribution in [2.45, 2.75) is 18.5 Å². The van der Waals surface area contributed by atoms with Crippen molar-refractivity contribution in [3.05, 3.63) is 152 Å². The zero-order chi connectivity index (χ0) is 31.0. The second-order valence-electron chi connectivity index (χ2n) is 11.0. The van der Waals surface area contributed by atoms with Crippen molar-refractivity contribution >= 4 is 34.1 Å². The van der Waals surface area contributed by atoms with E-state index in [2.05, 4.69) is 41.5 Å². The van der Waals surface area contributed by atoms with Gasteiger partial charge in [-0.1, -0.05) is 65.7 Å². The van der Waals surface area contributed by atoms with Crippen LogP contribution in [-0.2, 0) is 19.6 Å². The van der Waals surface area contributed by atoms with Crippen LogP contribution in [0.2, 0.25) is 10.0 Å². The first-order valence-electron chi connectivity index (χ1n) is 14.3. The Labute approximate surface area is 266 Å². The molecule has 2 aromatic heterocycles. The lowest BCUT2D eigenvalue weighted by molar-refractivity contribution is 0.396. The number of aromatic nitrogens is 3. The van der Waals surface area contributed by atoms with Crippen molar-refractivity contribution < 1.29 is 4.74 Å². The molecule has 2 heterocycles. The molecule has 0 saturated carbocycles. The predicted molar refractivity (Wildman–Crippen MR) is 179 cm³/mol. The van der Waals surface area contributed by atoms with E-state index in [0.717, 1.165) is 50.2 Å². The Morgan fingerprint density at radius 1 is 0.864 bits per heavy atom. The van der Waals surface area contributed by atoms with Gasteiger partial charge in [0.1, 0.15) is 11.3 Å². The van der Waals surface area contributed by atoms with Gasteiger partial charge in [0.2, 0.25) is 0 Å². The average Bonchev–Trinajstić information content (AvgIpc) is 3.47. The summed E-state index contributed by atoms with van der Waals surface area (Å²) < 4.78 is 9.12. The second-order valence-corrected chi connectivity index (χ2v) is 11.9. The zero-order valence-electron chi connectivity index (χ0n) is 24.9. The van der Waals surface area contributed by atoms with Crippen molar-refractivity contribution in [3.63, 3.8) is 0 Å². The Morgan fingerprint density at radius 2 is 1.59 bits per heavy atom. The van der Waals surface area contributed by atoms with Gasteiger partial charge in [-0.05, 0) is 83.3 Å². The number of nitrogens with zero attached hydrogens (tertiary/aromatic N) is 3. The highest BCUT2D eigenvalue weighted by molar-refractivity contribution is 6.31. The van der Waals surface area contributed by atoms with Crippen molar-refractivity contribution in [2.24, 2.45) is 14.1 Å². The van der Waals surface area contributed by atoms with E-state index >= 15 is 0 Å². The van der Waals surface area contributed by atoms with Gasteiger partial charge in [0.25, 0.3) is 5.56 Å². The van der Waals surface area contributed by atoms with E-state index in [9.17, 15) is 4.79 Å². The standard InChI is InChI=1S/C36H32Cl2N4O2/c1-23(24-8-15-30(44-4)16-9-24)40-36(34-21-39-22-41(34)2,26-10-13-28(37)14-11-26)27-12-17-33-32(19-27)31(20-35(43)42(33)3)25-6-5-7-29(38)18-25/h5-23,40H,1-4H3/t23-,36-/m0/s1. The quantitative estimate of drug-likeness (QED) is 0.187. The molecule has 0 unspecified atom stereocenters. The number of pyridine rings is 1. The van der Waals surface area contributed by atoms with Crippen LogP contribution in [0.1, 0.15) is 35.3 Å². The highest BCUT2D eigenvalue weighted by Gasteiger charge is 2.40. The molecule has 0 aliphatic heterocycles. The Morgan fingerprint density at radius 3 is 2.25 bits per heavy atom. The normalized spacial score (nSPS) is 13.5.